The average molecular weight is 506 g/mol. The molecule has 0 amide bonds. The Kier molecular flexibility index (Phi) is 4.39. The molecule has 0 atom stereocenters. The van der Waals surface area contributed by atoms with Crippen LogP contribution >= 0.6 is 0 Å². The summed E-state index contributed by atoms with van der Waals surface area (Å²) in [6, 6.07) is 50.7. The summed E-state index contributed by atoms with van der Waals surface area (Å²) in [5.41, 5.74) is 3.22. The van der Waals surface area contributed by atoms with E-state index in [9.17, 15) is 0 Å². The van der Waals surface area contributed by atoms with E-state index in [0.717, 1.165) is 16.6 Å². The molecule has 0 spiro atoms. The molecule has 0 bridgehead atoms. The van der Waals surface area contributed by atoms with Gasteiger partial charge in [-0.3, -0.25) is 0 Å². The molecule has 184 valence electrons. The number of hydrogen-bond donors (Lipinski definition) is 0. The zero-order valence-electron chi connectivity index (χ0n) is 21.7. The molecule has 0 saturated carbocycles. The predicted molar refractivity (Wildman–Crippen MR) is 172 cm³/mol. The van der Waals surface area contributed by atoms with E-state index >= 15 is 0 Å². The molecule has 1 heterocycles. The molecule has 0 aliphatic carbocycles. The van der Waals surface area contributed by atoms with Crippen LogP contribution in [-0.2, 0) is 0 Å². The monoisotopic (exact) mass is 505 g/mol. The second kappa shape index (κ2) is 8.11. The van der Waals surface area contributed by atoms with Crippen molar-refractivity contribution in [2.75, 3.05) is 0 Å². The lowest BCUT2D eigenvalue weighted by molar-refractivity contribution is 1.42. The minimum absolute atomic E-state index is 1.00. The van der Waals surface area contributed by atoms with Crippen LogP contribution in [0.1, 0.15) is 0 Å². The van der Waals surface area contributed by atoms with E-state index in [1.807, 2.05) is 0 Å². The molecular weight excluding hydrogens is 482 g/mol. The van der Waals surface area contributed by atoms with Crippen molar-refractivity contribution in [2.45, 2.75) is 0 Å². The summed E-state index contributed by atoms with van der Waals surface area (Å²) in [6.07, 6.45) is 0. The van der Waals surface area contributed by atoms with Gasteiger partial charge in [-0.25, -0.2) is 4.98 Å². The normalized spacial score (nSPS) is 12.0. The number of nitrogens with zero attached hydrogens (tertiary/aromatic N) is 1. The Balaban J connectivity index is 1.50. The highest BCUT2D eigenvalue weighted by Crippen LogP contribution is 2.44. The molecule has 1 aromatic heterocycles. The number of benzene rings is 8. The SMILES string of the molecule is c1ccc2c(c1)ccc1ccc(-c3cc4c5ccccc5c5ccc6ccccc6c5c4c4ccccc34)nc12. The molecule has 9 aromatic rings. The third-order valence-electron chi connectivity index (χ3n) is 8.59. The van der Waals surface area contributed by atoms with Crippen LogP contribution in [0.4, 0.5) is 0 Å². The smallest absolute Gasteiger partial charge is 0.0787 e. The highest BCUT2D eigenvalue weighted by molar-refractivity contribution is 6.37. The second-order valence-corrected chi connectivity index (χ2v) is 10.7. The molecule has 0 fully saturated rings. The molecule has 0 aliphatic rings. The Morgan fingerprint density at radius 2 is 0.825 bits per heavy atom. The summed E-state index contributed by atoms with van der Waals surface area (Å²) in [7, 11) is 0. The summed E-state index contributed by atoms with van der Waals surface area (Å²) in [6.45, 7) is 0. The molecule has 0 saturated heterocycles. The summed E-state index contributed by atoms with van der Waals surface area (Å²) in [4.78, 5) is 5.32. The first-order valence-electron chi connectivity index (χ1n) is 13.8. The first-order chi connectivity index (χ1) is 19.8. The van der Waals surface area contributed by atoms with Gasteiger partial charge < -0.3 is 0 Å². The van der Waals surface area contributed by atoms with Gasteiger partial charge in [0, 0.05) is 16.3 Å². The fraction of sp³-hybridized carbons (Fsp3) is 0. The standard InChI is InChI=1S/C39H23N/c1-3-11-27-24(9-1)19-21-33-29-13-5-6-14-30(29)35-23-34(31-15-7-8-16-32(31)38(35)37(27)33)36-22-20-26-18-17-25-10-2-4-12-28(25)39(26)40-36/h1-23H. The van der Waals surface area contributed by atoms with E-state index in [2.05, 4.69) is 140 Å². The van der Waals surface area contributed by atoms with Crippen LogP contribution in [0.5, 0.6) is 0 Å². The molecule has 0 unspecified atom stereocenters. The number of fused-ring (bicyclic) bond motifs is 13. The lowest BCUT2D eigenvalue weighted by Crippen LogP contribution is -1.92. The van der Waals surface area contributed by atoms with Crippen LogP contribution in [0.3, 0.4) is 0 Å². The molecule has 8 aromatic carbocycles. The van der Waals surface area contributed by atoms with E-state index in [0.29, 0.717) is 0 Å². The van der Waals surface area contributed by atoms with Crippen LogP contribution in [0.2, 0.25) is 0 Å². The average Bonchev–Trinajstić information content (AvgIpc) is 3.03. The Morgan fingerprint density at radius 3 is 1.62 bits per heavy atom. The second-order valence-electron chi connectivity index (χ2n) is 10.7. The number of aromatic nitrogens is 1. The van der Waals surface area contributed by atoms with Crippen molar-refractivity contribution in [3.05, 3.63) is 140 Å². The molecular formula is C39H23N. The van der Waals surface area contributed by atoms with E-state index in [-0.39, 0.29) is 0 Å². The van der Waals surface area contributed by atoms with Crippen molar-refractivity contribution in [3.63, 3.8) is 0 Å². The fourth-order valence-corrected chi connectivity index (χ4v) is 6.79. The van der Waals surface area contributed by atoms with Crippen molar-refractivity contribution in [2.24, 2.45) is 0 Å². The van der Waals surface area contributed by atoms with Gasteiger partial charge in [-0.15, -0.1) is 0 Å². The summed E-state index contributed by atoms with van der Waals surface area (Å²) < 4.78 is 0. The molecule has 9 rings (SSSR count). The van der Waals surface area contributed by atoms with Crippen molar-refractivity contribution < 1.29 is 0 Å². The van der Waals surface area contributed by atoms with Gasteiger partial charge in [0.05, 0.1) is 11.2 Å². The first-order valence-corrected chi connectivity index (χ1v) is 13.8. The van der Waals surface area contributed by atoms with Crippen LogP contribution in [0.25, 0.3) is 86.8 Å². The minimum atomic E-state index is 1.00. The van der Waals surface area contributed by atoms with Gasteiger partial charge in [0.15, 0.2) is 0 Å². The Morgan fingerprint density at radius 1 is 0.325 bits per heavy atom. The van der Waals surface area contributed by atoms with Gasteiger partial charge in [-0.2, -0.15) is 0 Å². The fourth-order valence-electron chi connectivity index (χ4n) is 6.79. The number of hydrogen-bond acceptors (Lipinski definition) is 1. The lowest BCUT2D eigenvalue weighted by Gasteiger charge is -2.17. The molecule has 0 aliphatic heterocycles. The summed E-state index contributed by atoms with van der Waals surface area (Å²) in [5, 5.41) is 16.4. The zero-order chi connectivity index (χ0) is 26.2. The van der Waals surface area contributed by atoms with Crippen molar-refractivity contribution in [3.8, 4) is 11.3 Å². The Labute approximate surface area is 230 Å². The van der Waals surface area contributed by atoms with E-state index < -0.39 is 0 Å². The summed E-state index contributed by atoms with van der Waals surface area (Å²) in [5.74, 6) is 0. The van der Waals surface area contributed by atoms with Crippen molar-refractivity contribution >= 4 is 75.5 Å². The maximum absolute atomic E-state index is 5.32. The predicted octanol–water partition coefficient (Wildman–Crippen LogP) is 10.8. The number of rotatable bonds is 1. The third-order valence-corrected chi connectivity index (χ3v) is 8.59. The molecule has 1 heteroatoms. The van der Waals surface area contributed by atoms with Gasteiger partial charge in [-0.05, 0) is 71.4 Å². The lowest BCUT2D eigenvalue weighted by atomic mass is 9.86. The van der Waals surface area contributed by atoms with Crippen LogP contribution in [-0.4, -0.2) is 4.98 Å². The van der Waals surface area contributed by atoms with Crippen molar-refractivity contribution in [1.82, 2.24) is 4.98 Å². The maximum Gasteiger partial charge on any atom is 0.0787 e. The molecule has 0 radical (unpaired) electrons. The molecule has 40 heavy (non-hydrogen) atoms. The van der Waals surface area contributed by atoms with Gasteiger partial charge in [0.1, 0.15) is 0 Å². The van der Waals surface area contributed by atoms with E-state index in [1.165, 1.54) is 70.2 Å². The maximum atomic E-state index is 5.32. The quantitative estimate of drug-likeness (QED) is 0.202. The van der Waals surface area contributed by atoms with Gasteiger partial charge in [-0.1, -0.05) is 127 Å². The topological polar surface area (TPSA) is 12.9 Å². The van der Waals surface area contributed by atoms with Gasteiger partial charge >= 0.3 is 0 Å². The van der Waals surface area contributed by atoms with Crippen LogP contribution in [0.15, 0.2) is 140 Å². The third kappa shape index (κ3) is 2.95. The van der Waals surface area contributed by atoms with Gasteiger partial charge in [0.25, 0.3) is 0 Å². The summed E-state index contributed by atoms with van der Waals surface area (Å²) >= 11 is 0. The highest BCUT2D eigenvalue weighted by Gasteiger charge is 2.17. The van der Waals surface area contributed by atoms with E-state index in [4.69, 9.17) is 4.98 Å². The Hall–Kier alpha value is -5.27. The van der Waals surface area contributed by atoms with E-state index in [1.54, 1.807) is 0 Å². The largest absolute Gasteiger partial charge is 0.247 e. The molecule has 0 N–H and O–H groups in total. The minimum Gasteiger partial charge on any atom is -0.247 e. The Bertz CT molecular complexity index is 2490. The molecule has 1 nitrogen and oxygen atoms in total. The van der Waals surface area contributed by atoms with Gasteiger partial charge in [0.2, 0.25) is 0 Å². The first kappa shape index (κ1) is 21.6. The zero-order valence-corrected chi connectivity index (χ0v) is 21.7. The highest BCUT2D eigenvalue weighted by atomic mass is 14.7. The number of pyridine rings is 1. The van der Waals surface area contributed by atoms with Crippen LogP contribution in [0, 0.1) is 0 Å². The van der Waals surface area contributed by atoms with Crippen LogP contribution < -0.4 is 0 Å². The van der Waals surface area contributed by atoms with Crippen molar-refractivity contribution in [1.29, 1.82) is 0 Å².